The van der Waals surface area contributed by atoms with Crippen molar-refractivity contribution in [2.75, 3.05) is 13.1 Å². The normalized spacial score (nSPS) is 21.1. The quantitative estimate of drug-likeness (QED) is 0.783. The molecule has 1 aliphatic carbocycles. The summed E-state index contributed by atoms with van der Waals surface area (Å²) in [6, 6.07) is 9.73. The zero-order chi connectivity index (χ0) is 18.8. The second-order valence-electron chi connectivity index (χ2n) is 8.80. The average molecular weight is 368 g/mol. The maximum absolute atomic E-state index is 12.0. The molecule has 2 aliphatic rings. The number of hydrogen-bond acceptors (Lipinski definition) is 2. The second-order valence-corrected chi connectivity index (χ2v) is 8.80. The summed E-state index contributed by atoms with van der Waals surface area (Å²) < 4.78 is 2.40. The fraction of sp³-hybridized carbons (Fsp3) is 0.609. The van der Waals surface area contributed by atoms with E-state index in [1.165, 1.54) is 48.7 Å². The van der Waals surface area contributed by atoms with Crippen LogP contribution in [0.1, 0.15) is 64.0 Å². The third-order valence-corrected chi connectivity index (χ3v) is 6.10. The lowest BCUT2D eigenvalue weighted by Gasteiger charge is -2.32. The smallest absolute Gasteiger partial charge is 0.220 e. The lowest BCUT2D eigenvalue weighted by Crippen LogP contribution is -2.35. The summed E-state index contributed by atoms with van der Waals surface area (Å²) in [7, 11) is 0. The largest absolute Gasteiger partial charge is 0.353 e. The van der Waals surface area contributed by atoms with Crippen molar-refractivity contribution in [1.82, 2.24) is 14.8 Å². The number of piperidine rings is 1. The minimum atomic E-state index is 0.259. The van der Waals surface area contributed by atoms with E-state index in [0.29, 0.717) is 24.4 Å². The molecule has 1 N–H and O–H groups in total. The van der Waals surface area contributed by atoms with Crippen LogP contribution in [0, 0.1) is 5.92 Å². The van der Waals surface area contributed by atoms with Gasteiger partial charge in [-0.3, -0.25) is 9.69 Å². The molecule has 2 fully saturated rings. The van der Waals surface area contributed by atoms with E-state index >= 15 is 0 Å². The number of para-hydroxylation sites is 1. The Balaban J connectivity index is 1.37. The van der Waals surface area contributed by atoms with Crippen LogP contribution in [-0.4, -0.2) is 34.5 Å². The number of amides is 1. The highest BCUT2D eigenvalue weighted by atomic mass is 16.1. The molecule has 146 valence electrons. The minimum Gasteiger partial charge on any atom is -0.353 e. The van der Waals surface area contributed by atoms with E-state index in [9.17, 15) is 4.79 Å². The Hall–Kier alpha value is -1.81. The average Bonchev–Trinajstić information content (AvgIpc) is 3.40. The summed E-state index contributed by atoms with van der Waals surface area (Å²) in [5.74, 6) is 0.914. The summed E-state index contributed by atoms with van der Waals surface area (Å²) >= 11 is 0. The van der Waals surface area contributed by atoms with Gasteiger partial charge in [0.2, 0.25) is 5.91 Å². The fourth-order valence-corrected chi connectivity index (χ4v) is 4.46. The van der Waals surface area contributed by atoms with Gasteiger partial charge in [-0.05, 0) is 70.0 Å². The third kappa shape index (κ3) is 4.55. The molecule has 4 rings (SSSR count). The fourth-order valence-electron chi connectivity index (χ4n) is 4.46. The number of benzene rings is 1. The number of nitrogens with one attached hydrogen (secondary N) is 1. The van der Waals surface area contributed by atoms with E-state index in [-0.39, 0.29) is 5.91 Å². The molecule has 27 heavy (non-hydrogen) atoms. The van der Waals surface area contributed by atoms with Crippen LogP contribution < -0.4 is 5.32 Å². The predicted octanol–water partition coefficient (Wildman–Crippen LogP) is 4.49. The Morgan fingerprint density at radius 1 is 1.22 bits per heavy atom. The van der Waals surface area contributed by atoms with Gasteiger partial charge in [-0.1, -0.05) is 18.2 Å². The first kappa shape index (κ1) is 18.5. The summed E-state index contributed by atoms with van der Waals surface area (Å²) in [6.07, 6.45) is 8.94. The van der Waals surface area contributed by atoms with Crippen molar-refractivity contribution in [1.29, 1.82) is 0 Å². The van der Waals surface area contributed by atoms with Crippen molar-refractivity contribution >= 4 is 16.8 Å². The van der Waals surface area contributed by atoms with Gasteiger partial charge in [0.1, 0.15) is 0 Å². The first-order chi connectivity index (χ1) is 13.1. The van der Waals surface area contributed by atoms with Gasteiger partial charge in [0.25, 0.3) is 0 Å². The maximum Gasteiger partial charge on any atom is 0.220 e. The SMILES string of the molecule is CC(C)n1cc(CN2CCC[C@@H](CCC(=O)NC3CC3)C2)c2ccccc21. The molecule has 1 saturated heterocycles. The molecule has 4 heteroatoms. The first-order valence-corrected chi connectivity index (χ1v) is 10.7. The van der Waals surface area contributed by atoms with Gasteiger partial charge in [-0.2, -0.15) is 0 Å². The number of likely N-dealkylation sites (tertiary alicyclic amines) is 1. The van der Waals surface area contributed by atoms with E-state index in [2.05, 4.69) is 59.1 Å². The molecular formula is C23H33N3O. The van der Waals surface area contributed by atoms with Gasteiger partial charge < -0.3 is 9.88 Å². The summed E-state index contributed by atoms with van der Waals surface area (Å²) in [6.45, 7) is 7.81. The highest BCUT2D eigenvalue weighted by molar-refractivity contribution is 5.84. The van der Waals surface area contributed by atoms with Crippen LogP contribution in [0.15, 0.2) is 30.5 Å². The van der Waals surface area contributed by atoms with Gasteiger partial charge in [0, 0.05) is 48.7 Å². The van der Waals surface area contributed by atoms with E-state index in [0.717, 1.165) is 19.5 Å². The molecule has 1 aromatic heterocycles. The van der Waals surface area contributed by atoms with Crippen LogP contribution in [0.25, 0.3) is 10.9 Å². The Kier molecular flexibility index (Phi) is 5.53. The number of hydrogen-bond donors (Lipinski definition) is 1. The maximum atomic E-state index is 12.0. The molecule has 0 radical (unpaired) electrons. The van der Waals surface area contributed by atoms with Gasteiger partial charge >= 0.3 is 0 Å². The van der Waals surface area contributed by atoms with Gasteiger partial charge in [-0.15, -0.1) is 0 Å². The van der Waals surface area contributed by atoms with Crippen LogP contribution in [-0.2, 0) is 11.3 Å². The Morgan fingerprint density at radius 2 is 2.04 bits per heavy atom. The molecule has 0 bridgehead atoms. The van der Waals surface area contributed by atoms with Crippen LogP contribution in [0.4, 0.5) is 0 Å². The van der Waals surface area contributed by atoms with Crippen molar-refractivity contribution < 1.29 is 4.79 Å². The van der Waals surface area contributed by atoms with Crippen LogP contribution in [0.2, 0.25) is 0 Å². The molecule has 1 amide bonds. The lowest BCUT2D eigenvalue weighted by atomic mass is 9.93. The lowest BCUT2D eigenvalue weighted by molar-refractivity contribution is -0.121. The van der Waals surface area contributed by atoms with E-state index in [4.69, 9.17) is 0 Å². The molecule has 1 saturated carbocycles. The zero-order valence-electron chi connectivity index (χ0n) is 16.8. The topological polar surface area (TPSA) is 37.3 Å². The first-order valence-electron chi connectivity index (χ1n) is 10.7. The summed E-state index contributed by atoms with van der Waals surface area (Å²) in [5, 5.41) is 4.51. The Bertz CT molecular complexity index is 790. The summed E-state index contributed by atoms with van der Waals surface area (Å²) in [5.41, 5.74) is 2.78. The number of rotatable bonds is 7. The molecule has 2 heterocycles. The van der Waals surface area contributed by atoms with Crippen molar-refractivity contribution in [2.24, 2.45) is 5.92 Å². The van der Waals surface area contributed by atoms with Crippen molar-refractivity contribution in [3.05, 3.63) is 36.0 Å². The molecular weight excluding hydrogens is 334 g/mol. The number of nitrogens with zero attached hydrogens (tertiary/aromatic N) is 2. The van der Waals surface area contributed by atoms with Gasteiger partial charge in [0.05, 0.1) is 0 Å². The Morgan fingerprint density at radius 3 is 2.81 bits per heavy atom. The number of carbonyl (C=O) groups excluding carboxylic acids is 1. The molecule has 1 aliphatic heterocycles. The predicted molar refractivity (Wildman–Crippen MR) is 111 cm³/mol. The van der Waals surface area contributed by atoms with E-state index in [1.807, 2.05) is 0 Å². The molecule has 2 aromatic rings. The third-order valence-electron chi connectivity index (χ3n) is 6.10. The molecule has 1 atom stereocenters. The molecule has 0 unspecified atom stereocenters. The van der Waals surface area contributed by atoms with E-state index in [1.54, 1.807) is 0 Å². The monoisotopic (exact) mass is 367 g/mol. The van der Waals surface area contributed by atoms with Crippen molar-refractivity contribution in [3.8, 4) is 0 Å². The zero-order valence-corrected chi connectivity index (χ0v) is 16.8. The van der Waals surface area contributed by atoms with Crippen LogP contribution in [0.3, 0.4) is 0 Å². The van der Waals surface area contributed by atoms with Gasteiger partial charge in [-0.25, -0.2) is 0 Å². The molecule has 4 nitrogen and oxygen atoms in total. The number of fused-ring (bicyclic) bond motifs is 1. The van der Waals surface area contributed by atoms with Crippen molar-refractivity contribution in [3.63, 3.8) is 0 Å². The number of aromatic nitrogens is 1. The molecule has 0 spiro atoms. The standard InChI is InChI=1S/C23H33N3O/c1-17(2)26-16-19(21-7-3-4-8-22(21)26)15-25-13-5-6-18(14-25)9-12-23(27)24-20-10-11-20/h3-4,7-8,16-18,20H,5-6,9-15H2,1-2H3,(H,24,27)/t18-/m0/s1. The van der Waals surface area contributed by atoms with Crippen LogP contribution >= 0.6 is 0 Å². The highest BCUT2D eigenvalue weighted by Gasteiger charge is 2.25. The Labute approximate surface area is 162 Å². The second kappa shape index (κ2) is 8.05. The highest BCUT2D eigenvalue weighted by Crippen LogP contribution is 2.28. The minimum absolute atomic E-state index is 0.259. The van der Waals surface area contributed by atoms with E-state index < -0.39 is 0 Å². The van der Waals surface area contributed by atoms with Gasteiger partial charge in [0.15, 0.2) is 0 Å². The van der Waals surface area contributed by atoms with Crippen molar-refractivity contribution in [2.45, 2.75) is 71.0 Å². The number of carbonyl (C=O) groups is 1. The molecule has 1 aromatic carbocycles. The summed E-state index contributed by atoms with van der Waals surface area (Å²) in [4.78, 5) is 14.6. The van der Waals surface area contributed by atoms with Crippen LogP contribution in [0.5, 0.6) is 0 Å².